The second kappa shape index (κ2) is 5.75. The van der Waals surface area contributed by atoms with Crippen LogP contribution in [-0.4, -0.2) is 5.97 Å². The van der Waals surface area contributed by atoms with E-state index in [0.29, 0.717) is 11.6 Å². The van der Waals surface area contributed by atoms with Crippen molar-refractivity contribution in [3.05, 3.63) is 72.5 Å². The quantitative estimate of drug-likeness (QED) is 0.452. The van der Waals surface area contributed by atoms with Gasteiger partial charge in [0, 0.05) is 6.08 Å². The van der Waals surface area contributed by atoms with Crippen LogP contribution in [-0.2, 0) is 4.74 Å². The average molecular weight is 236 g/mol. The van der Waals surface area contributed by atoms with Gasteiger partial charge in [0.2, 0.25) is 0 Å². The van der Waals surface area contributed by atoms with Crippen molar-refractivity contribution in [2.24, 2.45) is 0 Å². The van der Waals surface area contributed by atoms with Crippen molar-refractivity contribution < 1.29 is 18.3 Å². The third-order valence-electron chi connectivity index (χ3n) is 1.78. The molecule has 0 amide bonds. The molecule has 0 saturated carbocycles. The van der Waals surface area contributed by atoms with Crippen LogP contribution in [0.5, 0.6) is 0 Å². The molecule has 0 saturated heterocycles. The predicted octanol–water partition coefficient (Wildman–Crippen LogP) is 3.69. The highest BCUT2D eigenvalue weighted by molar-refractivity contribution is 5.90. The Bertz CT molecular complexity index is 475. The van der Waals surface area contributed by atoms with Gasteiger partial charge in [-0.2, -0.15) is 0 Å². The number of benzene rings is 1. The molecule has 4 heteroatoms. The molecular formula is C13H10F2O2. The van der Waals surface area contributed by atoms with E-state index in [0.717, 1.165) is 0 Å². The van der Waals surface area contributed by atoms with Gasteiger partial charge < -0.3 is 4.74 Å². The Kier molecular flexibility index (Phi) is 4.34. The molecule has 0 aromatic heterocycles. The molecule has 1 aromatic rings. The van der Waals surface area contributed by atoms with Crippen LogP contribution < -0.4 is 0 Å². The summed E-state index contributed by atoms with van der Waals surface area (Å²) >= 11 is 0. The minimum atomic E-state index is -1.25. The average Bonchev–Trinajstić information content (AvgIpc) is 2.29. The van der Waals surface area contributed by atoms with E-state index in [1.54, 1.807) is 18.2 Å². The first kappa shape index (κ1) is 12.8. The van der Waals surface area contributed by atoms with Gasteiger partial charge in [0.1, 0.15) is 5.76 Å². The number of hydrogen-bond acceptors (Lipinski definition) is 2. The molecular weight excluding hydrogens is 226 g/mol. The number of esters is 1. The summed E-state index contributed by atoms with van der Waals surface area (Å²) in [5, 5.41) is 0. The topological polar surface area (TPSA) is 26.3 Å². The molecule has 0 aliphatic carbocycles. The van der Waals surface area contributed by atoms with Gasteiger partial charge in [-0.25, -0.2) is 13.6 Å². The lowest BCUT2D eigenvalue weighted by Crippen LogP contribution is -2.03. The molecule has 2 nitrogen and oxygen atoms in total. The molecule has 17 heavy (non-hydrogen) atoms. The van der Waals surface area contributed by atoms with E-state index >= 15 is 0 Å². The van der Waals surface area contributed by atoms with Crippen molar-refractivity contribution in [2.75, 3.05) is 0 Å². The van der Waals surface area contributed by atoms with Crippen LogP contribution in [0.1, 0.15) is 10.4 Å². The van der Waals surface area contributed by atoms with Crippen molar-refractivity contribution in [1.29, 1.82) is 0 Å². The Hall–Kier alpha value is -2.23. The van der Waals surface area contributed by atoms with Crippen LogP contribution in [0.2, 0.25) is 0 Å². The summed E-state index contributed by atoms with van der Waals surface area (Å²) in [7, 11) is 0. The first-order valence-electron chi connectivity index (χ1n) is 4.69. The monoisotopic (exact) mass is 236 g/mol. The number of rotatable bonds is 4. The molecule has 0 atom stereocenters. The molecule has 0 heterocycles. The zero-order valence-corrected chi connectivity index (χ0v) is 8.95. The molecule has 0 aliphatic rings. The highest BCUT2D eigenvalue weighted by Gasteiger charge is 2.08. The van der Waals surface area contributed by atoms with E-state index in [1.807, 2.05) is 0 Å². The van der Waals surface area contributed by atoms with Crippen molar-refractivity contribution in [2.45, 2.75) is 0 Å². The van der Waals surface area contributed by atoms with Crippen LogP contribution in [0.3, 0.4) is 0 Å². The largest absolute Gasteiger partial charge is 0.423 e. The molecule has 0 aliphatic heterocycles. The van der Waals surface area contributed by atoms with Gasteiger partial charge in [-0.15, -0.1) is 0 Å². The normalized spacial score (nSPS) is 10.8. The minimum Gasteiger partial charge on any atom is -0.423 e. The van der Waals surface area contributed by atoms with E-state index < -0.39 is 17.6 Å². The third kappa shape index (κ3) is 4.03. The highest BCUT2D eigenvalue weighted by Crippen LogP contribution is 2.14. The van der Waals surface area contributed by atoms with E-state index in [9.17, 15) is 13.6 Å². The Morgan fingerprint density at radius 1 is 1.18 bits per heavy atom. The molecule has 88 valence electrons. The molecule has 0 spiro atoms. The lowest BCUT2D eigenvalue weighted by atomic mass is 10.2. The highest BCUT2D eigenvalue weighted by atomic mass is 19.2. The van der Waals surface area contributed by atoms with Crippen molar-refractivity contribution in [3.8, 4) is 0 Å². The Morgan fingerprint density at radius 3 is 2.29 bits per heavy atom. The maximum Gasteiger partial charge on any atom is 0.343 e. The first-order chi connectivity index (χ1) is 8.00. The minimum absolute atomic E-state index is 0.293. The van der Waals surface area contributed by atoms with E-state index in [4.69, 9.17) is 4.74 Å². The molecule has 0 fully saturated rings. The summed E-state index contributed by atoms with van der Waals surface area (Å²) < 4.78 is 29.8. The summed E-state index contributed by atoms with van der Waals surface area (Å²) in [5.41, 5.74) is 0.293. The maximum atomic E-state index is 12.8. The second-order valence-electron chi connectivity index (χ2n) is 3.12. The summed E-state index contributed by atoms with van der Waals surface area (Å²) in [6.45, 7) is 6.03. The molecule has 0 unspecified atom stereocenters. The van der Waals surface area contributed by atoms with E-state index in [2.05, 4.69) is 13.2 Å². The summed E-state index contributed by atoms with van der Waals surface area (Å²) in [6, 6.07) is 8.10. The fourth-order valence-corrected chi connectivity index (χ4v) is 1.00. The SMILES string of the molecule is C=C(/C=C(/F)C(=C)F)OC(=O)c1ccccc1. The summed E-state index contributed by atoms with van der Waals surface area (Å²) in [6.07, 6.45) is 0.656. The first-order valence-corrected chi connectivity index (χ1v) is 4.69. The number of hydrogen-bond donors (Lipinski definition) is 0. The van der Waals surface area contributed by atoms with Gasteiger partial charge in [-0.05, 0) is 12.1 Å². The molecule has 0 N–H and O–H groups in total. The van der Waals surface area contributed by atoms with Crippen LogP contribution >= 0.6 is 0 Å². The lowest BCUT2D eigenvalue weighted by molar-refractivity contribution is 0.0638. The zero-order chi connectivity index (χ0) is 12.8. The molecule has 1 rings (SSSR count). The Labute approximate surface area is 97.5 Å². The maximum absolute atomic E-state index is 12.8. The number of allylic oxidation sites excluding steroid dienone is 3. The lowest BCUT2D eigenvalue weighted by Gasteiger charge is -2.03. The molecule has 1 aromatic carbocycles. The van der Waals surface area contributed by atoms with Crippen molar-refractivity contribution >= 4 is 5.97 Å². The van der Waals surface area contributed by atoms with Gasteiger partial charge in [0.05, 0.1) is 5.56 Å². The van der Waals surface area contributed by atoms with Gasteiger partial charge in [0.15, 0.2) is 11.7 Å². The number of carbonyl (C=O) groups excluding carboxylic acids is 1. The molecule has 0 radical (unpaired) electrons. The van der Waals surface area contributed by atoms with Crippen molar-refractivity contribution in [1.82, 2.24) is 0 Å². The van der Waals surface area contributed by atoms with Crippen molar-refractivity contribution in [3.63, 3.8) is 0 Å². The van der Waals surface area contributed by atoms with Gasteiger partial charge in [-0.1, -0.05) is 31.4 Å². The van der Waals surface area contributed by atoms with E-state index in [-0.39, 0.29) is 5.76 Å². The van der Waals surface area contributed by atoms with Gasteiger partial charge in [0.25, 0.3) is 0 Å². The zero-order valence-electron chi connectivity index (χ0n) is 8.95. The number of carbonyl (C=O) groups is 1. The smallest absolute Gasteiger partial charge is 0.343 e. The fourth-order valence-electron chi connectivity index (χ4n) is 1.00. The third-order valence-corrected chi connectivity index (χ3v) is 1.78. The Balaban J connectivity index is 2.68. The van der Waals surface area contributed by atoms with Gasteiger partial charge in [-0.3, -0.25) is 0 Å². The number of halogens is 2. The van der Waals surface area contributed by atoms with Crippen LogP contribution in [0.15, 0.2) is 67.0 Å². The summed E-state index contributed by atoms with van der Waals surface area (Å²) in [5.74, 6) is -3.46. The molecule has 0 bridgehead atoms. The number of ether oxygens (including phenoxy) is 1. The van der Waals surface area contributed by atoms with Crippen LogP contribution in [0.25, 0.3) is 0 Å². The van der Waals surface area contributed by atoms with Crippen LogP contribution in [0, 0.1) is 0 Å². The summed E-state index contributed by atoms with van der Waals surface area (Å²) in [4.78, 5) is 11.5. The van der Waals surface area contributed by atoms with Crippen LogP contribution in [0.4, 0.5) is 8.78 Å². The van der Waals surface area contributed by atoms with E-state index in [1.165, 1.54) is 12.1 Å². The Morgan fingerprint density at radius 2 is 1.76 bits per heavy atom. The van der Waals surface area contributed by atoms with Gasteiger partial charge >= 0.3 is 5.97 Å². The predicted molar refractivity (Wildman–Crippen MR) is 60.4 cm³/mol. The fraction of sp³-hybridized carbons (Fsp3) is 0. The standard InChI is InChI=1S/C13H10F2O2/c1-9(8-12(15)10(2)14)17-13(16)11-6-4-3-5-7-11/h3-8H,1-2H2/b12-8+. The second-order valence-corrected chi connectivity index (χ2v) is 3.12.